The van der Waals surface area contributed by atoms with E-state index < -0.39 is 34.9 Å². The van der Waals surface area contributed by atoms with Gasteiger partial charge in [0.05, 0.1) is 0 Å². The smallest absolute Gasteiger partial charge is 0.328 e. The molecule has 0 bridgehead atoms. The fourth-order valence-corrected chi connectivity index (χ4v) is 3.05. The lowest BCUT2D eigenvalue weighted by Gasteiger charge is -2.33. The standard InChI is InChI=1S/C21H29N3O5/c1-12-14(13-9-7-8-10-15(13)23-12)11-16(17(25)26)24(22)18(27)21(5,6)19(28)29-20(2,3)4/h7-10,16,23H,11,22H2,1-6H3,(H,25,26). The first-order valence-corrected chi connectivity index (χ1v) is 9.36. The summed E-state index contributed by atoms with van der Waals surface area (Å²) in [6, 6.07) is 6.14. The first kappa shape index (κ1) is 22.4. The van der Waals surface area contributed by atoms with Crippen molar-refractivity contribution in [3.05, 3.63) is 35.5 Å². The summed E-state index contributed by atoms with van der Waals surface area (Å²) in [7, 11) is 0. The van der Waals surface area contributed by atoms with Crippen LogP contribution >= 0.6 is 0 Å². The first-order chi connectivity index (χ1) is 13.3. The van der Waals surface area contributed by atoms with Crippen LogP contribution in [0.3, 0.4) is 0 Å². The number of hydrogen-bond acceptors (Lipinski definition) is 5. The number of aryl methyl sites for hydroxylation is 1. The first-order valence-electron chi connectivity index (χ1n) is 9.36. The number of carbonyl (C=O) groups excluding carboxylic acids is 2. The van der Waals surface area contributed by atoms with Crippen LogP contribution in [-0.2, 0) is 25.5 Å². The number of carboxylic acid groups (broad SMARTS) is 1. The van der Waals surface area contributed by atoms with E-state index in [1.807, 2.05) is 31.2 Å². The Morgan fingerprint density at radius 1 is 1.17 bits per heavy atom. The maximum Gasteiger partial charge on any atom is 0.328 e. The Morgan fingerprint density at radius 2 is 1.76 bits per heavy atom. The second kappa shape index (κ2) is 7.87. The zero-order valence-electron chi connectivity index (χ0n) is 17.7. The third kappa shape index (κ3) is 4.76. The average molecular weight is 403 g/mol. The number of esters is 1. The van der Waals surface area contributed by atoms with Gasteiger partial charge in [0.2, 0.25) is 0 Å². The van der Waals surface area contributed by atoms with Gasteiger partial charge in [0.15, 0.2) is 0 Å². The molecule has 1 aromatic carbocycles. The fraction of sp³-hybridized carbons (Fsp3) is 0.476. The second-order valence-electron chi connectivity index (χ2n) is 8.67. The summed E-state index contributed by atoms with van der Waals surface area (Å²) in [5, 5.41) is 11.2. The van der Waals surface area contributed by atoms with Gasteiger partial charge in [-0.25, -0.2) is 10.6 Å². The number of aromatic amines is 1. The highest BCUT2D eigenvalue weighted by molar-refractivity contribution is 6.03. The van der Waals surface area contributed by atoms with Crippen LogP contribution in [0.2, 0.25) is 0 Å². The number of rotatable bonds is 6. The van der Waals surface area contributed by atoms with E-state index in [0.29, 0.717) is 5.01 Å². The number of amides is 1. The number of carboxylic acids is 1. The van der Waals surface area contributed by atoms with Crippen molar-refractivity contribution in [2.24, 2.45) is 11.3 Å². The molecule has 8 nitrogen and oxygen atoms in total. The molecule has 158 valence electrons. The van der Waals surface area contributed by atoms with E-state index >= 15 is 0 Å². The lowest BCUT2D eigenvalue weighted by molar-refractivity contribution is -0.174. The van der Waals surface area contributed by atoms with Gasteiger partial charge in [0, 0.05) is 23.0 Å². The minimum Gasteiger partial charge on any atom is -0.480 e. The maximum absolute atomic E-state index is 12.9. The summed E-state index contributed by atoms with van der Waals surface area (Å²) >= 11 is 0. The maximum atomic E-state index is 12.9. The molecule has 0 radical (unpaired) electrons. The molecule has 8 heteroatoms. The highest BCUT2D eigenvalue weighted by Crippen LogP contribution is 2.27. The van der Waals surface area contributed by atoms with Crippen molar-refractivity contribution in [1.82, 2.24) is 9.99 Å². The number of nitrogens with zero attached hydrogens (tertiary/aromatic N) is 1. The van der Waals surface area contributed by atoms with Gasteiger partial charge in [0.1, 0.15) is 17.1 Å². The third-order valence-corrected chi connectivity index (χ3v) is 4.72. The van der Waals surface area contributed by atoms with Crippen LogP contribution in [0, 0.1) is 12.3 Å². The normalized spacial score (nSPS) is 13.2. The number of hydrogen-bond donors (Lipinski definition) is 3. The van der Waals surface area contributed by atoms with Crippen LogP contribution in [-0.4, -0.2) is 44.6 Å². The number of H-pyrrole nitrogens is 1. The molecule has 1 heterocycles. The molecule has 0 spiro atoms. The van der Waals surface area contributed by atoms with Crippen molar-refractivity contribution in [2.75, 3.05) is 0 Å². The number of nitrogens with two attached hydrogens (primary N) is 1. The Bertz CT molecular complexity index is 939. The fourth-order valence-electron chi connectivity index (χ4n) is 3.05. The number of para-hydroxylation sites is 1. The highest BCUT2D eigenvalue weighted by Gasteiger charge is 2.44. The van der Waals surface area contributed by atoms with Gasteiger partial charge < -0.3 is 14.8 Å². The molecule has 0 saturated heterocycles. The lowest BCUT2D eigenvalue weighted by Crippen LogP contribution is -2.57. The Hall–Kier alpha value is -2.87. The van der Waals surface area contributed by atoms with Crippen LogP contribution in [0.25, 0.3) is 10.9 Å². The van der Waals surface area contributed by atoms with Gasteiger partial charge in [-0.2, -0.15) is 0 Å². The highest BCUT2D eigenvalue weighted by atomic mass is 16.6. The van der Waals surface area contributed by atoms with E-state index in [-0.39, 0.29) is 6.42 Å². The molecular weight excluding hydrogens is 374 g/mol. The Balaban J connectivity index is 2.32. The third-order valence-electron chi connectivity index (χ3n) is 4.72. The molecule has 4 N–H and O–H groups in total. The summed E-state index contributed by atoms with van der Waals surface area (Å²) < 4.78 is 5.30. The molecular formula is C21H29N3O5. The van der Waals surface area contributed by atoms with E-state index in [0.717, 1.165) is 22.2 Å². The van der Waals surface area contributed by atoms with Crippen molar-refractivity contribution in [3.8, 4) is 0 Å². The van der Waals surface area contributed by atoms with E-state index in [4.69, 9.17) is 10.6 Å². The summed E-state index contributed by atoms with van der Waals surface area (Å²) in [6.07, 6.45) is -0.00216. The molecule has 0 aliphatic rings. The Morgan fingerprint density at radius 3 is 2.31 bits per heavy atom. The molecule has 0 fully saturated rings. The zero-order chi connectivity index (χ0) is 22.1. The van der Waals surface area contributed by atoms with Crippen LogP contribution in [0.15, 0.2) is 24.3 Å². The number of nitrogens with one attached hydrogen (secondary N) is 1. The molecule has 1 aromatic heterocycles. The van der Waals surface area contributed by atoms with Gasteiger partial charge in [-0.15, -0.1) is 0 Å². The van der Waals surface area contributed by atoms with Crippen LogP contribution in [0.4, 0.5) is 0 Å². The van der Waals surface area contributed by atoms with Gasteiger partial charge in [-0.1, -0.05) is 18.2 Å². The van der Waals surface area contributed by atoms with Gasteiger partial charge in [-0.3, -0.25) is 14.6 Å². The van der Waals surface area contributed by atoms with E-state index in [9.17, 15) is 19.5 Å². The predicted molar refractivity (Wildman–Crippen MR) is 109 cm³/mol. The van der Waals surface area contributed by atoms with Crippen molar-refractivity contribution >= 4 is 28.7 Å². The molecule has 1 amide bonds. The zero-order valence-corrected chi connectivity index (χ0v) is 17.7. The number of fused-ring (bicyclic) bond motifs is 1. The molecule has 29 heavy (non-hydrogen) atoms. The molecule has 2 rings (SSSR count). The summed E-state index contributed by atoms with van der Waals surface area (Å²) in [4.78, 5) is 40.6. The minimum absolute atomic E-state index is 0.00216. The van der Waals surface area contributed by atoms with Crippen LogP contribution < -0.4 is 5.84 Å². The van der Waals surface area contributed by atoms with Gasteiger partial charge in [0.25, 0.3) is 5.91 Å². The molecule has 0 aliphatic heterocycles. The average Bonchev–Trinajstić information content (AvgIpc) is 2.91. The van der Waals surface area contributed by atoms with Crippen LogP contribution in [0.1, 0.15) is 45.9 Å². The Kier molecular flexibility index (Phi) is 6.08. The number of aliphatic carboxylic acids is 1. The Labute approximate surface area is 170 Å². The van der Waals surface area contributed by atoms with E-state index in [2.05, 4.69) is 4.98 Å². The number of carbonyl (C=O) groups is 3. The molecule has 2 aromatic rings. The summed E-state index contributed by atoms with van der Waals surface area (Å²) in [6.45, 7) is 9.64. The molecule has 1 unspecified atom stereocenters. The minimum atomic E-state index is -1.63. The SMILES string of the molecule is Cc1[nH]c2ccccc2c1CC(C(=O)O)N(N)C(=O)C(C)(C)C(=O)OC(C)(C)C. The number of ether oxygens (including phenoxy) is 1. The predicted octanol–water partition coefficient (Wildman–Crippen LogP) is 2.54. The summed E-state index contributed by atoms with van der Waals surface area (Å²) in [5.41, 5.74) is -0.00370. The molecule has 1 atom stereocenters. The van der Waals surface area contributed by atoms with Gasteiger partial charge >= 0.3 is 11.9 Å². The topological polar surface area (TPSA) is 126 Å². The van der Waals surface area contributed by atoms with Gasteiger partial charge in [-0.05, 0) is 53.2 Å². The molecule has 0 aliphatic carbocycles. The second-order valence-corrected chi connectivity index (χ2v) is 8.67. The summed E-state index contributed by atoms with van der Waals surface area (Å²) in [5.74, 6) is 3.10. The number of benzene rings is 1. The quantitative estimate of drug-likeness (QED) is 0.224. The molecule has 0 saturated carbocycles. The van der Waals surface area contributed by atoms with E-state index in [1.54, 1.807) is 20.8 Å². The van der Waals surface area contributed by atoms with Crippen molar-refractivity contribution in [1.29, 1.82) is 0 Å². The van der Waals surface area contributed by atoms with E-state index in [1.165, 1.54) is 13.8 Å². The lowest BCUT2D eigenvalue weighted by atomic mass is 9.90. The monoisotopic (exact) mass is 403 g/mol. The van der Waals surface area contributed by atoms with Crippen LogP contribution in [0.5, 0.6) is 0 Å². The largest absolute Gasteiger partial charge is 0.480 e. The van der Waals surface area contributed by atoms with Crippen molar-refractivity contribution in [2.45, 2.75) is 59.6 Å². The number of aromatic nitrogens is 1. The van der Waals surface area contributed by atoms with Crippen molar-refractivity contribution < 1.29 is 24.2 Å². The van der Waals surface area contributed by atoms with Crippen molar-refractivity contribution in [3.63, 3.8) is 0 Å². The number of hydrazine groups is 1.